The second-order valence-corrected chi connectivity index (χ2v) is 4.50. The van der Waals surface area contributed by atoms with E-state index in [0.717, 1.165) is 13.0 Å². The number of aryl methyl sites for hydroxylation is 1. The van der Waals surface area contributed by atoms with Crippen LogP contribution in [0.5, 0.6) is 0 Å². The Morgan fingerprint density at radius 3 is 2.78 bits per heavy atom. The molecule has 0 fully saturated rings. The van der Waals surface area contributed by atoms with Crippen molar-refractivity contribution in [3.05, 3.63) is 53.9 Å². The third-order valence-electron chi connectivity index (χ3n) is 3.01. The summed E-state index contributed by atoms with van der Waals surface area (Å²) >= 11 is 0. The van der Waals surface area contributed by atoms with Crippen molar-refractivity contribution < 1.29 is 9.50 Å². The molecule has 0 aliphatic carbocycles. The maximum Gasteiger partial charge on any atom is 0.147 e. The molecular weight excluding hydrogens is 231 g/mol. The summed E-state index contributed by atoms with van der Waals surface area (Å²) in [5, 5.41) is 10.6. The Kier molecular flexibility index (Phi) is 3.48. The largest absolute Gasteiger partial charge is 0.377 e. The molecule has 0 saturated heterocycles. The van der Waals surface area contributed by atoms with Crippen LogP contribution in [0.25, 0.3) is 0 Å². The highest BCUT2D eigenvalue weighted by Gasteiger charge is 2.32. The van der Waals surface area contributed by atoms with Gasteiger partial charge < -0.3 is 9.67 Å². The Hall–Kier alpha value is -1.68. The highest BCUT2D eigenvalue weighted by Crippen LogP contribution is 2.29. The van der Waals surface area contributed by atoms with Gasteiger partial charge in [0.05, 0.1) is 0 Å². The SMILES string of the molecule is CCCn1ccnc1C(C)(O)c1ccccc1F. The molecule has 1 heterocycles. The number of imidazole rings is 1. The number of rotatable bonds is 4. The van der Waals surface area contributed by atoms with E-state index in [2.05, 4.69) is 4.98 Å². The van der Waals surface area contributed by atoms with E-state index in [9.17, 15) is 9.50 Å². The van der Waals surface area contributed by atoms with Crippen molar-refractivity contribution in [1.29, 1.82) is 0 Å². The summed E-state index contributed by atoms with van der Waals surface area (Å²) < 4.78 is 15.7. The van der Waals surface area contributed by atoms with E-state index in [4.69, 9.17) is 0 Å². The lowest BCUT2D eigenvalue weighted by Crippen LogP contribution is -2.28. The number of halogens is 1. The zero-order valence-electron chi connectivity index (χ0n) is 10.6. The maximum atomic E-state index is 13.8. The summed E-state index contributed by atoms with van der Waals surface area (Å²) in [4.78, 5) is 4.17. The Morgan fingerprint density at radius 1 is 1.39 bits per heavy atom. The molecule has 0 spiro atoms. The molecule has 2 rings (SSSR count). The highest BCUT2D eigenvalue weighted by atomic mass is 19.1. The van der Waals surface area contributed by atoms with Crippen LogP contribution in [0.15, 0.2) is 36.7 Å². The summed E-state index contributed by atoms with van der Waals surface area (Å²) in [5.41, 5.74) is -1.18. The Bertz CT molecular complexity index is 534. The highest BCUT2D eigenvalue weighted by molar-refractivity contribution is 5.30. The second kappa shape index (κ2) is 4.90. The van der Waals surface area contributed by atoms with Crippen molar-refractivity contribution in [2.75, 3.05) is 0 Å². The predicted molar refractivity (Wildman–Crippen MR) is 67.6 cm³/mol. The van der Waals surface area contributed by atoms with Crippen molar-refractivity contribution in [3.8, 4) is 0 Å². The predicted octanol–water partition coefficient (Wildman–Crippen LogP) is 2.69. The smallest absolute Gasteiger partial charge is 0.147 e. The van der Waals surface area contributed by atoms with Gasteiger partial charge in [-0.25, -0.2) is 9.37 Å². The van der Waals surface area contributed by atoms with Crippen LogP contribution in [-0.4, -0.2) is 14.7 Å². The lowest BCUT2D eigenvalue weighted by Gasteiger charge is -2.24. The van der Waals surface area contributed by atoms with Gasteiger partial charge in [-0.1, -0.05) is 25.1 Å². The van der Waals surface area contributed by atoms with E-state index in [1.807, 2.05) is 11.5 Å². The van der Waals surface area contributed by atoms with Gasteiger partial charge in [-0.2, -0.15) is 0 Å². The molecular formula is C14H17FN2O. The summed E-state index contributed by atoms with van der Waals surface area (Å²) in [6.07, 6.45) is 4.35. The Morgan fingerprint density at radius 2 is 2.11 bits per heavy atom. The molecule has 0 aliphatic rings. The number of hydrogen-bond acceptors (Lipinski definition) is 2. The first-order valence-electron chi connectivity index (χ1n) is 6.06. The van der Waals surface area contributed by atoms with Crippen molar-refractivity contribution in [2.45, 2.75) is 32.4 Å². The minimum absolute atomic E-state index is 0.244. The minimum Gasteiger partial charge on any atom is -0.377 e. The summed E-state index contributed by atoms with van der Waals surface area (Å²) in [7, 11) is 0. The van der Waals surface area contributed by atoms with Crippen LogP contribution >= 0.6 is 0 Å². The van der Waals surface area contributed by atoms with Crippen molar-refractivity contribution >= 4 is 0 Å². The van der Waals surface area contributed by atoms with Gasteiger partial charge in [0, 0.05) is 24.5 Å². The van der Waals surface area contributed by atoms with E-state index in [-0.39, 0.29) is 5.56 Å². The molecule has 0 bridgehead atoms. The Labute approximate surface area is 106 Å². The van der Waals surface area contributed by atoms with Crippen LogP contribution in [0.3, 0.4) is 0 Å². The summed E-state index contributed by atoms with van der Waals surface area (Å²) in [5.74, 6) is 0.0444. The number of aliphatic hydroxyl groups is 1. The molecule has 1 N–H and O–H groups in total. The number of benzene rings is 1. The van der Waals surface area contributed by atoms with Gasteiger partial charge in [-0.05, 0) is 19.4 Å². The third kappa shape index (κ3) is 2.16. The molecule has 1 atom stereocenters. The maximum absolute atomic E-state index is 13.8. The van der Waals surface area contributed by atoms with Crippen LogP contribution in [0.4, 0.5) is 4.39 Å². The molecule has 1 unspecified atom stereocenters. The van der Waals surface area contributed by atoms with Crippen LogP contribution in [0, 0.1) is 5.82 Å². The standard InChI is InChI=1S/C14H17FN2O/c1-3-9-17-10-8-16-13(17)14(2,18)11-6-4-5-7-12(11)15/h4-8,10,18H,3,9H2,1-2H3. The molecule has 96 valence electrons. The van der Waals surface area contributed by atoms with Gasteiger partial charge in [0.15, 0.2) is 0 Å². The van der Waals surface area contributed by atoms with Gasteiger partial charge in [0.1, 0.15) is 17.2 Å². The first kappa shape index (κ1) is 12.8. The molecule has 18 heavy (non-hydrogen) atoms. The first-order chi connectivity index (χ1) is 8.57. The fraction of sp³-hybridized carbons (Fsp3) is 0.357. The van der Waals surface area contributed by atoms with Gasteiger partial charge in [0.2, 0.25) is 0 Å². The zero-order valence-corrected chi connectivity index (χ0v) is 10.6. The lowest BCUT2D eigenvalue weighted by atomic mass is 9.94. The molecule has 1 aromatic carbocycles. The van der Waals surface area contributed by atoms with Crippen molar-refractivity contribution in [3.63, 3.8) is 0 Å². The van der Waals surface area contributed by atoms with E-state index >= 15 is 0 Å². The summed E-state index contributed by atoms with van der Waals surface area (Å²) in [6, 6.07) is 6.24. The molecule has 1 aromatic heterocycles. The second-order valence-electron chi connectivity index (χ2n) is 4.50. The van der Waals surface area contributed by atoms with Crippen molar-refractivity contribution in [1.82, 2.24) is 9.55 Å². The topological polar surface area (TPSA) is 38.0 Å². The minimum atomic E-state index is -1.43. The van der Waals surface area contributed by atoms with Crippen LogP contribution in [-0.2, 0) is 12.1 Å². The summed E-state index contributed by atoms with van der Waals surface area (Å²) in [6.45, 7) is 4.36. The van der Waals surface area contributed by atoms with E-state index in [1.54, 1.807) is 37.5 Å². The average molecular weight is 248 g/mol. The zero-order chi connectivity index (χ0) is 13.2. The fourth-order valence-corrected chi connectivity index (χ4v) is 2.13. The van der Waals surface area contributed by atoms with E-state index in [0.29, 0.717) is 5.82 Å². The van der Waals surface area contributed by atoms with Gasteiger partial charge >= 0.3 is 0 Å². The molecule has 0 amide bonds. The molecule has 0 saturated carbocycles. The van der Waals surface area contributed by atoms with Gasteiger partial charge in [-0.15, -0.1) is 0 Å². The molecule has 2 aromatic rings. The fourth-order valence-electron chi connectivity index (χ4n) is 2.13. The van der Waals surface area contributed by atoms with Crippen LogP contribution in [0.1, 0.15) is 31.7 Å². The Balaban J connectivity index is 2.47. The quantitative estimate of drug-likeness (QED) is 0.903. The average Bonchev–Trinajstić information content (AvgIpc) is 2.79. The number of hydrogen-bond donors (Lipinski definition) is 1. The van der Waals surface area contributed by atoms with E-state index < -0.39 is 11.4 Å². The third-order valence-corrected chi connectivity index (χ3v) is 3.01. The monoisotopic (exact) mass is 248 g/mol. The molecule has 0 radical (unpaired) electrons. The molecule has 0 aliphatic heterocycles. The van der Waals surface area contributed by atoms with Crippen LogP contribution in [0.2, 0.25) is 0 Å². The van der Waals surface area contributed by atoms with Gasteiger partial charge in [0.25, 0.3) is 0 Å². The normalized spacial score (nSPS) is 14.4. The number of nitrogens with zero attached hydrogens (tertiary/aromatic N) is 2. The molecule has 4 heteroatoms. The van der Waals surface area contributed by atoms with Crippen LogP contribution < -0.4 is 0 Å². The van der Waals surface area contributed by atoms with Gasteiger partial charge in [-0.3, -0.25) is 0 Å². The van der Waals surface area contributed by atoms with Crippen molar-refractivity contribution in [2.24, 2.45) is 0 Å². The van der Waals surface area contributed by atoms with E-state index in [1.165, 1.54) is 6.07 Å². The number of aromatic nitrogens is 2. The first-order valence-corrected chi connectivity index (χ1v) is 6.06. The molecule has 3 nitrogen and oxygen atoms in total. The lowest BCUT2D eigenvalue weighted by molar-refractivity contribution is 0.0838.